The third-order valence-corrected chi connectivity index (χ3v) is 7.45. The van der Waals surface area contributed by atoms with Crippen LogP contribution in [0.1, 0.15) is 98.8 Å². The molecule has 248 valence electrons. The normalized spacial score (nSPS) is 21.8. The highest BCUT2D eigenvalue weighted by Gasteiger charge is 2.54. The van der Waals surface area contributed by atoms with Crippen molar-refractivity contribution in [1.82, 2.24) is 5.32 Å². The van der Waals surface area contributed by atoms with Gasteiger partial charge in [0.15, 0.2) is 24.1 Å². The molecule has 0 saturated carbocycles. The number of hydrogen-bond donors (Lipinski definition) is 1. The largest absolute Gasteiger partial charge is 0.463 e. The second-order valence-electron chi connectivity index (χ2n) is 10.4. The maximum absolute atomic E-state index is 12.8. The van der Waals surface area contributed by atoms with E-state index < -0.39 is 83.0 Å². The molecule has 1 saturated heterocycles. The molecule has 43 heavy (non-hydrogen) atoms. The van der Waals surface area contributed by atoms with E-state index in [1.165, 1.54) is 38.5 Å². The van der Waals surface area contributed by atoms with E-state index in [-0.39, 0.29) is 6.54 Å². The molecule has 1 N–H and O–H groups in total. The number of carbonyl (C=O) groups is 5. The molecule has 0 aromatic rings. The highest BCUT2D eigenvalue weighted by atomic mass is 32.2. The summed E-state index contributed by atoms with van der Waals surface area (Å²) in [6, 6.07) is 0. The predicted molar refractivity (Wildman–Crippen MR) is 152 cm³/mol. The van der Waals surface area contributed by atoms with Crippen LogP contribution in [0.2, 0.25) is 0 Å². The lowest BCUT2D eigenvalue weighted by Crippen LogP contribution is -2.63. The highest BCUT2D eigenvalue weighted by molar-refractivity contribution is 7.87. The third-order valence-electron chi connectivity index (χ3n) is 6.35. The second-order valence-corrected chi connectivity index (χ2v) is 12.0. The monoisotopic (exact) mass is 637 g/mol. The van der Waals surface area contributed by atoms with Crippen LogP contribution in [0.4, 0.5) is 0 Å². The molecule has 15 heteroatoms. The summed E-state index contributed by atoms with van der Waals surface area (Å²) in [5, 5.41) is 2.54. The van der Waals surface area contributed by atoms with Gasteiger partial charge in [0.05, 0.1) is 0 Å². The zero-order chi connectivity index (χ0) is 32.4. The van der Waals surface area contributed by atoms with Crippen molar-refractivity contribution in [3.63, 3.8) is 0 Å². The van der Waals surface area contributed by atoms with Crippen molar-refractivity contribution < 1.29 is 60.3 Å². The number of rotatable bonds is 20. The van der Waals surface area contributed by atoms with Crippen LogP contribution in [0, 0.1) is 0 Å². The first-order chi connectivity index (χ1) is 20.3. The van der Waals surface area contributed by atoms with Crippen molar-refractivity contribution in [1.29, 1.82) is 0 Å². The van der Waals surface area contributed by atoms with Crippen molar-refractivity contribution in [2.24, 2.45) is 0 Å². The van der Waals surface area contributed by atoms with E-state index in [4.69, 9.17) is 27.9 Å². The molecule has 0 aromatic carbocycles. The zero-order valence-electron chi connectivity index (χ0n) is 25.8. The van der Waals surface area contributed by atoms with E-state index in [0.29, 0.717) is 6.42 Å². The van der Waals surface area contributed by atoms with Crippen LogP contribution in [0.15, 0.2) is 0 Å². The zero-order valence-corrected chi connectivity index (χ0v) is 26.6. The molecular weight excluding hydrogens is 590 g/mol. The maximum Gasteiger partial charge on any atom is 0.303 e. The molecule has 1 fully saturated rings. The molecule has 1 aliphatic heterocycles. The Kier molecular flexibility index (Phi) is 18.0. The van der Waals surface area contributed by atoms with Gasteiger partial charge < -0.3 is 29.0 Å². The summed E-state index contributed by atoms with van der Waals surface area (Å²) in [6.45, 7) is 6.09. The molecule has 1 heterocycles. The van der Waals surface area contributed by atoms with Crippen molar-refractivity contribution in [2.45, 2.75) is 130 Å². The van der Waals surface area contributed by atoms with Gasteiger partial charge in [-0.1, -0.05) is 64.7 Å². The Hall–Kier alpha value is -2.78. The molecular formula is C28H47NO13S. The Bertz CT molecular complexity index is 1020. The van der Waals surface area contributed by atoms with Gasteiger partial charge in [0.25, 0.3) is 10.1 Å². The summed E-state index contributed by atoms with van der Waals surface area (Å²) in [5.74, 6) is -5.28. The highest BCUT2D eigenvalue weighted by Crippen LogP contribution is 2.30. The second kappa shape index (κ2) is 20.2. The minimum Gasteiger partial charge on any atom is -0.463 e. The topological polar surface area (TPSA) is 187 Å². The summed E-state index contributed by atoms with van der Waals surface area (Å²) in [4.78, 5) is 59.4. The number of nitrogens with one attached hydrogen (secondary N) is 1. The minimum atomic E-state index is -4.65. The maximum atomic E-state index is 12.8. The van der Waals surface area contributed by atoms with Crippen molar-refractivity contribution in [2.75, 3.05) is 18.9 Å². The van der Waals surface area contributed by atoms with Crippen LogP contribution in [-0.4, -0.2) is 87.8 Å². The van der Waals surface area contributed by atoms with Crippen molar-refractivity contribution >= 4 is 39.9 Å². The molecule has 0 spiro atoms. The Morgan fingerprint density at radius 2 is 1.16 bits per heavy atom. The number of hydrogen-bond acceptors (Lipinski definition) is 13. The quantitative estimate of drug-likeness (QED) is 0.0888. The molecule has 1 aliphatic rings. The fraction of sp³-hybridized carbons (Fsp3) is 0.821. The van der Waals surface area contributed by atoms with E-state index in [9.17, 15) is 32.4 Å². The first-order valence-corrected chi connectivity index (χ1v) is 16.3. The van der Waals surface area contributed by atoms with Gasteiger partial charge in [-0.3, -0.25) is 24.0 Å². The van der Waals surface area contributed by atoms with Gasteiger partial charge in [0.1, 0.15) is 12.7 Å². The minimum absolute atomic E-state index is 0.282. The number of carbonyl (C=O) groups excluding carboxylic acids is 5. The van der Waals surface area contributed by atoms with Crippen LogP contribution in [0.5, 0.6) is 0 Å². The Labute approximate surface area is 253 Å². The average Bonchev–Trinajstić information content (AvgIpc) is 2.88. The van der Waals surface area contributed by atoms with Crippen LogP contribution < -0.4 is 5.32 Å². The van der Waals surface area contributed by atoms with Crippen molar-refractivity contribution in [3.8, 4) is 0 Å². The number of ether oxygens (including phenoxy) is 5. The van der Waals surface area contributed by atoms with Crippen molar-refractivity contribution in [3.05, 3.63) is 0 Å². The number of amides is 1. The van der Waals surface area contributed by atoms with Crippen LogP contribution in [0.3, 0.4) is 0 Å². The summed E-state index contributed by atoms with van der Waals surface area (Å²) in [6.07, 6.45) is 2.94. The van der Waals surface area contributed by atoms with E-state index in [1.807, 2.05) is 0 Å². The molecule has 0 aliphatic carbocycles. The van der Waals surface area contributed by atoms with E-state index >= 15 is 0 Å². The van der Waals surface area contributed by atoms with Gasteiger partial charge in [-0.05, 0) is 6.42 Å². The number of unbranched alkanes of at least 4 members (excludes halogenated alkanes) is 9. The third kappa shape index (κ3) is 16.6. The van der Waals surface area contributed by atoms with Gasteiger partial charge in [0.2, 0.25) is 12.2 Å². The van der Waals surface area contributed by atoms with Gasteiger partial charge in [-0.25, -0.2) is 4.18 Å². The Balaban J connectivity index is 2.84. The SMILES string of the molecule is CCCCCCCCCCCCNC(=O)CS(=O)(=O)O[C@@H]1O[C@H](COC(C)=O)[C@@H](OC(C)=O)[C@H](OC(C)=O)[C@H]1OC(C)=O. The van der Waals surface area contributed by atoms with Crippen LogP contribution in [0.25, 0.3) is 0 Å². The molecule has 1 amide bonds. The standard InChI is InChI=1S/C28H47NO13S/c1-6-7-8-9-10-11-12-13-14-15-16-29-24(34)18-43(35,36)42-28-27(40-22(5)33)26(39-21(4)32)25(38-20(3)31)23(41-28)17-37-19(2)30/h23,25-28H,6-18H2,1-5H3,(H,29,34)/t23-,25-,26+,27-,28+/m1/s1. The molecule has 0 unspecified atom stereocenters. The van der Waals surface area contributed by atoms with Gasteiger partial charge in [0, 0.05) is 34.2 Å². The Morgan fingerprint density at radius 3 is 1.67 bits per heavy atom. The molecule has 1 rings (SSSR count). The number of esters is 4. The molecule has 0 aromatic heterocycles. The summed E-state index contributed by atoms with van der Waals surface area (Å²) < 4.78 is 56.9. The molecule has 0 radical (unpaired) electrons. The average molecular weight is 638 g/mol. The van der Waals surface area contributed by atoms with Crippen LogP contribution >= 0.6 is 0 Å². The smallest absolute Gasteiger partial charge is 0.303 e. The van der Waals surface area contributed by atoms with Gasteiger partial charge in [-0.2, -0.15) is 8.42 Å². The van der Waals surface area contributed by atoms with Gasteiger partial charge >= 0.3 is 23.9 Å². The lowest BCUT2D eigenvalue weighted by molar-refractivity contribution is -0.287. The fourth-order valence-corrected chi connectivity index (χ4v) is 5.43. The van der Waals surface area contributed by atoms with E-state index in [1.54, 1.807) is 0 Å². The predicted octanol–water partition coefficient (Wildman–Crippen LogP) is 2.45. The molecule has 5 atom stereocenters. The lowest BCUT2D eigenvalue weighted by atomic mass is 9.98. The van der Waals surface area contributed by atoms with E-state index in [0.717, 1.165) is 47.0 Å². The fourth-order valence-electron chi connectivity index (χ4n) is 4.50. The van der Waals surface area contributed by atoms with Crippen LogP contribution in [-0.2, 0) is 62.0 Å². The first kappa shape index (κ1) is 38.2. The summed E-state index contributed by atoms with van der Waals surface area (Å²) in [7, 11) is -4.65. The Morgan fingerprint density at radius 1 is 0.674 bits per heavy atom. The summed E-state index contributed by atoms with van der Waals surface area (Å²) >= 11 is 0. The molecule has 14 nitrogen and oxygen atoms in total. The van der Waals surface area contributed by atoms with Gasteiger partial charge in [-0.15, -0.1) is 0 Å². The first-order valence-electron chi connectivity index (χ1n) is 14.7. The summed E-state index contributed by atoms with van der Waals surface area (Å²) in [5.41, 5.74) is 0. The van der Waals surface area contributed by atoms with E-state index in [2.05, 4.69) is 12.2 Å². The lowest BCUT2D eigenvalue weighted by Gasteiger charge is -2.43. The molecule has 0 bridgehead atoms.